The van der Waals surface area contributed by atoms with E-state index in [-0.39, 0.29) is 12.5 Å². The first kappa shape index (κ1) is 17.9. The predicted octanol–water partition coefficient (Wildman–Crippen LogP) is 4.40. The molecule has 1 aliphatic heterocycles. The van der Waals surface area contributed by atoms with Gasteiger partial charge in [0, 0.05) is 18.5 Å². The summed E-state index contributed by atoms with van der Waals surface area (Å²) in [4.78, 5) is 32.1. The molecule has 1 aliphatic rings. The summed E-state index contributed by atoms with van der Waals surface area (Å²) in [5, 5.41) is 0.697. The molecule has 0 aliphatic carbocycles. The highest BCUT2D eigenvalue weighted by Gasteiger charge is 2.21. The second-order valence-corrected chi connectivity index (χ2v) is 8.06. The van der Waals surface area contributed by atoms with Gasteiger partial charge in [0.15, 0.2) is 6.61 Å². The molecule has 0 N–H and O–H groups in total. The molecule has 3 heterocycles. The molecule has 0 unspecified atom stereocenters. The number of carbonyl (C=O) groups excluding carboxylic acids is 2. The number of aromatic nitrogens is 1. The first-order chi connectivity index (χ1) is 13.1. The summed E-state index contributed by atoms with van der Waals surface area (Å²) in [6.45, 7) is 1.23. The van der Waals surface area contributed by atoms with Crippen LogP contribution in [0.25, 0.3) is 21.5 Å². The smallest absolute Gasteiger partial charge is 0.339 e. The number of halogens is 1. The first-order valence-electron chi connectivity index (χ1n) is 8.72. The Kier molecular flexibility index (Phi) is 5.09. The van der Waals surface area contributed by atoms with Gasteiger partial charge in [-0.3, -0.25) is 4.79 Å². The van der Waals surface area contributed by atoms with Crippen LogP contribution >= 0.6 is 22.9 Å². The number of thiophene rings is 1. The van der Waals surface area contributed by atoms with Crippen molar-refractivity contribution in [2.45, 2.75) is 12.8 Å². The SMILES string of the molecule is O=C(OCC(=O)N1CCCC1)c1cc(-c2ccc(Cl)s2)nc2ccccc12. The number of pyridine rings is 1. The fourth-order valence-corrected chi connectivity index (χ4v) is 4.19. The van der Waals surface area contributed by atoms with E-state index in [0.29, 0.717) is 26.5 Å². The van der Waals surface area contributed by atoms with Gasteiger partial charge in [-0.25, -0.2) is 9.78 Å². The lowest BCUT2D eigenvalue weighted by Crippen LogP contribution is -2.32. The summed E-state index contributed by atoms with van der Waals surface area (Å²) in [6, 6.07) is 12.8. The van der Waals surface area contributed by atoms with E-state index in [0.717, 1.165) is 30.8 Å². The molecule has 1 fully saturated rings. The summed E-state index contributed by atoms with van der Waals surface area (Å²) in [5.74, 6) is -0.672. The third-order valence-corrected chi connectivity index (χ3v) is 5.80. The molecule has 0 saturated carbocycles. The summed E-state index contributed by atoms with van der Waals surface area (Å²) < 4.78 is 5.98. The number of nitrogens with zero attached hydrogens (tertiary/aromatic N) is 2. The molecule has 1 amide bonds. The fraction of sp³-hybridized carbons (Fsp3) is 0.250. The van der Waals surface area contributed by atoms with E-state index in [2.05, 4.69) is 4.98 Å². The Labute approximate surface area is 165 Å². The molecule has 1 aromatic carbocycles. The maximum atomic E-state index is 12.7. The number of likely N-dealkylation sites (tertiary alicyclic amines) is 1. The molecule has 1 saturated heterocycles. The van der Waals surface area contributed by atoms with Crippen molar-refractivity contribution in [1.82, 2.24) is 9.88 Å². The molecule has 4 rings (SSSR count). The second-order valence-electron chi connectivity index (χ2n) is 6.34. The largest absolute Gasteiger partial charge is 0.452 e. The van der Waals surface area contributed by atoms with Crippen LogP contribution in [0.2, 0.25) is 4.34 Å². The van der Waals surface area contributed by atoms with Crippen molar-refractivity contribution in [3.63, 3.8) is 0 Å². The first-order valence-corrected chi connectivity index (χ1v) is 9.91. The third-order valence-electron chi connectivity index (χ3n) is 4.55. The van der Waals surface area contributed by atoms with Gasteiger partial charge in [0.05, 0.1) is 26.0 Å². The zero-order valence-corrected chi connectivity index (χ0v) is 16.1. The van der Waals surface area contributed by atoms with Crippen molar-refractivity contribution in [2.75, 3.05) is 19.7 Å². The van der Waals surface area contributed by atoms with Crippen LogP contribution < -0.4 is 0 Å². The topological polar surface area (TPSA) is 59.5 Å². The van der Waals surface area contributed by atoms with Crippen molar-refractivity contribution in [3.05, 3.63) is 52.4 Å². The quantitative estimate of drug-likeness (QED) is 0.609. The standard InChI is InChI=1S/C20H17ClN2O3S/c21-18-8-7-17(27-18)16-11-14(13-5-1-2-6-15(13)22-16)20(25)26-12-19(24)23-9-3-4-10-23/h1-2,5-8,11H,3-4,9-10,12H2. The Hall–Kier alpha value is -2.44. The highest BCUT2D eigenvalue weighted by molar-refractivity contribution is 7.19. The number of esters is 1. The van der Waals surface area contributed by atoms with Gasteiger partial charge in [-0.1, -0.05) is 29.8 Å². The Morgan fingerprint density at radius 3 is 2.67 bits per heavy atom. The summed E-state index contributed by atoms with van der Waals surface area (Å²) in [5.41, 5.74) is 1.75. The molecule has 0 atom stereocenters. The molecule has 5 nitrogen and oxygen atoms in total. The molecule has 0 radical (unpaired) electrons. The fourth-order valence-electron chi connectivity index (χ4n) is 3.19. The number of para-hydroxylation sites is 1. The number of fused-ring (bicyclic) bond motifs is 1. The average molecular weight is 401 g/mol. The maximum Gasteiger partial charge on any atom is 0.339 e. The van der Waals surface area contributed by atoms with Gasteiger partial charge in [0.2, 0.25) is 0 Å². The van der Waals surface area contributed by atoms with Crippen molar-refractivity contribution in [1.29, 1.82) is 0 Å². The molecular weight excluding hydrogens is 384 g/mol. The molecule has 138 valence electrons. The van der Waals surface area contributed by atoms with E-state index >= 15 is 0 Å². The summed E-state index contributed by atoms with van der Waals surface area (Å²) in [7, 11) is 0. The van der Waals surface area contributed by atoms with Crippen LogP contribution in [0.1, 0.15) is 23.2 Å². The average Bonchev–Trinajstić information content (AvgIpc) is 3.37. The number of ether oxygens (including phenoxy) is 1. The molecule has 3 aromatic rings. The van der Waals surface area contributed by atoms with Crippen LogP contribution in [0.4, 0.5) is 0 Å². The van der Waals surface area contributed by atoms with E-state index in [1.807, 2.05) is 30.3 Å². The molecule has 0 spiro atoms. The van der Waals surface area contributed by atoms with Gasteiger partial charge in [-0.15, -0.1) is 11.3 Å². The molecule has 0 bridgehead atoms. The highest BCUT2D eigenvalue weighted by atomic mass is 35.5. The highest BCUT2D eigenvalue weighted by Crippen LogP contribution is 2.32. The Bertz CT molecular complexity index is 1010. The van der Waals surface area contributed by atoms with Crippen LogP contribution in [-0.4, -0.2) is 41.5 Å². The van der Waals surface area contributed by atoms with Crippen LogP contribution in [0, 0.1) is 0 Å². The van der Waals surface area contributed by atoms with Gasteiger partial charge in [-0.2, -0.15) is 0 Å². The zero-order valence-electron chi connectivity index (χ0n) is 14.5. The Balaban J connectivity index is 1.63. The van der Waals surface area contributed by atoms with E-state index < -0.39 is 5.97 Å². The zero-order chi connectivity index (χ0) is 18.8. The lowest BCUT2D eigenvalue weighted by Gasteiger charge is -2.15. The minimum atomic E-state index is -0.523. The number of hydrogen-bond acceptors (Lipinski definition) is 5. The van der Waals surface area contributed by atoms with E-state index in [4.69, 9.17) is 16.3 Å². The predicted molar refractivity (Wildman–Crippen MR) is 106 cm³/mol. The number of carbonyl (C=O) groups is 2. The van der Waals surface area contributed by atoms with Gasteiger partial charge in [-0.05, 0) is 37.1 Å². The van der Waals surface area contributed by atoms with Gasteiger partial charge in [0.1, 0.15) is 0 Å². The normalized spacial score (nSPS) is 13.9. The van der Waals surface area contributed by atoms with Crippen LogP contribution in [0.15, 0.2) is 42.5 Å². The number of hydrogen-bond donors (Lipinski definition) is 0. The maximum absolute atomic E-state index is 12.7. The number of amides is 1. The second kappa shape index (κ2) is 7.66. The number of rotatable bonds is 4. The molecule has 7 heteroatoms. The van der Waals surface area contributed by atoms with Crippen LogP contribution in [0.3, 0.4) is 0 Å². The van der Waals surface area contributed by atoms with Crippen LogP contribution in [0.5, 0.6) is 0 Å². The van der Waals surface area contributed by atoms with Crippen LogP contribution in [-0.2, 0) is 9.53 Å². The minimum Gasteiger partial charge on any atom is -0.452 e. The molecule has 2 aromatic heterocycles. The van der Waals surface area contributed by atoms with Gasteiger partial charge >= 0.3 is 5.97 Å². The van der Waals surface area contributed by atoms with Crippen molar-refractivity contribution < 1.29 is 14.3 Å². The van der Waals surface area contributed by atoms with E-state index in [1.54, 1.807) is 17.0 Å². The van der Waals surface area contributed by atoms with Crippen molar-refractivity contribution in [2.24, 2.45) is 0 Å². The Morgan fingerprint density at radius 2 is 1.93 bits per heavy atom. The van der Waals surface area contributed by atoms with Gasteiger partial charge < -0.3 is 9.64 Å². The summed E-state index contributed by atoms with van der Waals surface area (Å²) >= 11 is 7.43. The Morgan fingerprint density at radius 1 is 1.15 bits per heavy atom. The molecular formula is C20H17ClN2O3S. The van der Waals surface area contributed by atoms with Crippen molar-refractivity contribution >= 4 is 45.7 Å². The van der Waals surface area contributed by atoms with E-state index in [1.165, 1.54) is 11.3 Å². The molecule has 27 heavy (non-hydrogen) atoms. The monoisotopic (exact) mass is 400 g/mol. The summed E-state index contributed by atoms with van der Waals surface area (Å²) in [6.07, 6.45) is 2.00. The minimum absolute atomic E-state index is 0.149. The lowest BCUT2D eigenvalue weighted by molar-refractivity contribution is -0.133. The van der Waals surface area contributed by atoms with Crippen molar-refractivity contribution in [3.8, 4) is 10.6 Å². The van der Waals surface area contributed by atoms with E-state index in [9.17, 15) is 9.59 Å². The number of benzene rings is 1. The lowest BCUT2D eigenvalue weighted by atomic mass is 10.1. The van der Waals surface area contributed by atoms with Gasteiger partial charge in [0.25, 0.3) is 5.91 Å². The third kappa shape index (κ3) is 3.82.